The van der Waals surface area contributed by atoms with Crippen molar-refractivity contribution < 1.29 is 19.4 Å². The van der Waals surface area contributed by atoms with E-state index in [2.05, 4.69) is 62.5 Å². The van der Waals surface area contributed by atoms with Gasteiger partial charge >= 0.3 is 0 Å². The number of carbonyl (C=O) groups is 2. The summed E-state index contributed by atoms with van der Waals surface area (Å²) in [6.45, 7) is 7.83. The van der Waals surface area contributed by atoms with Crippen LogP contribution in [0.1, 0.15) is 99.9 Å². The number of aldehydes is 2. The molecule has 2 atom stereocenters. The standard InChI is InChI=1S/C36H43NO4S2/c1-5-8-34(42-25(3)33-12-13-35(43-33)30-18-26(22-38)17-27(19-30)23-39)29-15-24(2)16-31(20-29)36(28-10-11-28)41-14-7-6-9-32(40)21-37-4/h8,12-13,15-20,22-23,25,32,37,40H,5-7,9-11,14,21H2,1-4H3/b34-8-. The van der Waals surface area contributed by atoms with Gasteiger partial charge in [-0.3, -0.25) is 9.59 Å². The van der Waals surface area contributed by atoms with Crippen LogP contribution in [-0.4, -0.2) is 44.0 Å². The monoisotopic (exact) mass is 617 g/mol. The van der Waals surface area contributed by atoms with Crippen molar-refractivity contribution >= 4 is 46.3 Å². The molecule has 5 nitrogen and oxygen atoms in total. The van der Waals surface area contributed by atoms with Crippen LogP contribution >= 0.6 is 23.1 Å². The molecule has 7 heteroatoms. The molecule has 0 spiro atoms. The topological polar surface area (TPSA) is 75.6 Å². The van der Waals surface area contributed by atoms with Crippen LogP contribution in [0.2, 0.25) is 0 Å². The summed E-state index contributed by atoms with van der Waals surface area (Å²) < 4.78 is 6.39. The van der Waals surface area contributed by atoms with Crippen molar-refractivity contribution in [1.82, 2.24) is 5.32 Å². The summed E-state index contributed by atoms with van der Waals surface area (Å²) in [5, 5.41) is 13.2. The average Bonchev–Trinajstić information content (AvgIpc) is 3.72. The second-order valence-corrected chi connectivity index (χ2v) is 13.6. The molecule has 0 saturated heterocycles. The van der Waals surface area contributed by atoms with Crippen molar-refractivity contribution in [2.75, 3.05) is 20.2 Å². The van der Waals surface area contributed by atoms with Gasteiger partial charge in [0.1, 0.15) is 18.3 Å². The lowest BCUT2D eigenvalue weighted by atomic mass is 10.0. The molecule has 0 amide bonds. The number of hydrogen-bond donors (Lipinski definition) is 2. The lowest BCUT2D eigenvalue weighted by Crippen LogP contribution is -2.23. The van der Waals surface area contributed by atoms with Crippen LogP contribution in [0, 0.1) is 6.92 Å². The van der Waals surface area contributed by atoms with E-state index in [4.69, 9.17) is 4.74 Å². The SMILES string of the molecule is CC/C=C(\SC(C)c1ccc(-c2cc(C=O)cc(C=O)c2)s1)c1cc(C)cc(C(OCCCCC(O)CNC)=C2CC2)c1. The molecular weight excluding hydrogens is 575 g/mol. The fraction of sp³-hybridized carbons (Fsp3) is 0.389. The van der Waals surface area contributed by atoms with Crippen LogP contribution in [0.4, 0.5) is 0 Å². The molecule has 0 bridgehead atoms. The summed E-state index contributed by atoms with van der Waals surface area (Å²) in [6, 6.07) is 16.3. The molecule has 4 rings (SSSR count). The van der Waals surface area contributed by atoms with Crippen LogP contribution in [0.3, 0.4) is 0 Å². The highest BCUT2D eigenvalue weighted by Crippen LogP contribution is 2.45. The lowest BCUT2D eigenvalue weighted by Gasteiger charge is -2.17. The molecule has 3 aromatic rings. The van der Waals surface area contributed by atoms with E-state index in [0.717, 1.165) is 72.9 Å². The van der Waals surface area contributed by atoms with E-state index >= 15 is 0 Å². The predicted octanol–water partition coefficient (Wildman–Crippen LogP) is 8.87. The molecule has 2 aromatic carbocycles. The minimum Gasteiger partial charge on any atom is -0.493 e. The van der Waals surface area contributed by atoms with Gasteiger partial charge in [-0.2, -0.15) is 0 Å². The van der Waals surface area contributed by atoms with E-state index in [1.807, 2.05) is 30.9 Å². The van der Waals surface area contributed by atoms with E-state index in [9.17, 15) is 14.7 Å². The van der Waals surface area contributed by atoms with Crippen LogP contribution in [0.5, 0.6) is 0 Å². The van der Waals surface area contributed by atoms with Crippen LogP contribution in [0.25, 0.3) is 21.1 Å². The van der Waals surface area contributed by atoms with Gasteiger partial charge in [-0.05, 0) is 124 Å². The zero-order chi connectivity index (χ0) is 30.8. The molecule has 1 aromatic heterocycles. The minimum atomic E-state index is -0.306. The number of nitrogens with one attached hydrogen (secondary N) is 1. The van der Waals surface area contributed by atoms with Crippen molar-refractivity contribution in [3.05, 3.63) is 92.9 Å². The van der Waals surface area contributed by atoms with Gasteiger partial charge in [0.2, 0.25) is 0 Å². The molecular formula is C36H43NO4S2. The van der Waals surface area contributed by atoms with Gasteiger partial charge in [-0.1, -0.05) is 19.1 Å². The minimum absolute atomic E-state index is 0.219. The number of aliphatic hydroxyl groups is 1. The van der Waals surface area contributed by atoms with Gasteiger partial charge in [0.25, 0.3) is 0 Å². The first-order valence-corrected chi connectivity index (χ1v) is 16.9. The Kier molecular flexibility index (Phi) is 12.4. The van der Waals surface area contributed by atoms with Crippen LogP contribution in [-0.2, 0) is 4.74 Å². The summed E-state index contributed by atoms with van der Waals surface area (Å²) in [4.78, 5) is 26.3. The number of unbranched alkanes of at least 4 members (excludes halogenated alkanes) is 1. The normalized spacial score (nSPS) is 14.3. The fourth-order valence-electron chi connectivity index (χ4n) is 5.08. The molecule has 43 heavy (non-hydrogen) atoms. The molecule has 228 valence electrons. The molecule has 1 fully saturated rings. The lowest BCUT2D eigenvalue weighted by molar-refractivity contribution is 0.112. The van der Waals surface area contributed by atoms with Gasteiger partial charge in [0, 0.05) is 43.1 Å². The number of rotatable bonds is 17. The Morgan fingerprint density at radius 2 is 1.77 bits per heavy atom. The number of aliphatic hydroxyl groups excluding tert-OH is 1. The third-order valence-corrected chi connectivity index (χ3v) is 10.0. The molecule has 0 aliphatic heterocycles. The van der Waals surface area contributed by atoms with E-state index in [-0.39, 0.29) is 11.4 Å². The second kappa shape index (κ2) is 16.2. The Bertz CT molecular complexity index is 1440. The number of benzene rings is 2. The molecule has 0 radical (unpaired) electrons. The zero-order valence-electron chi connectivity index (χ0n) is 25.7. The van der Waals surface area contributed by atoms with Gasteiger partial charge in [-0.15, -0.1) is 23.1 Å². The summed E-state index contributed by atoms with van der Waals surface area (Å²) in [7, 11) is 1.86. The van der Waals surface area contributed by atoms with E-state index in [0.29, 0.717) is 24.3 Å². The molecule has 2 unspecified atom stereocenters. The number of carbonyl (C=O) groups excluding carboxylic acids is 2. The molecule has 1 aliphatic rings. The van der Waals surface area contributed by atoms with E-state index in [1.165, 1.54) is 26.5 Å². The maximum atomic E-state index is 11.4. The quantitative estimate of drug-likeness (QED) is 0.0895. The molecule has 1 saturated carbocycles. The van der Waals surface area contributed by atoms with E-state index < -0.39 is 0 Å². The fourth-order valence-corrected chi connectivity index (χ4v) is 7.39. The summed E-state index contributed by atoms with van der Waals surface area (Å²) >= 11 is 3.56. The highest BCUT2D eigenvalue weighted by atomic mass is 32.2. The average molecular weight is 618 g/mol. The zero-order valence-corrected chi connectivity index (χ0v) is 27.3. The maximum absolute atomic E-state index is 11.4. The Morgan fingerprint density at radius 1 is 1.05 bits per heavy atom. The highest BCUT2D eigenvalue weighted by Gasteiger charge is 2.22. The van der Waals surface area contributed by atoms with Gasteiger partial charge in [0.15, 0.2) is 0 Å². The van der Waals surface area contributed by atoms with Crippen molar-refractivity contribution in [1.29, 1.82) is 0 Å². The third kappa shape index (κ3) is 9.51. The van der Waals surface area contributed by atoms with Crippen LogP contribution < -0.4 is 5.32 Å². The molecule has 1 heterocycles. The first-order chi connectivity index (χ1) is 20.8. The summed E-state index contributed by atoms with van der Waals surface area (Å²) in [6.07, 6.45) is 9.33. The van der Waals surface area contributed by atoms with Crippen molar-refractivity contribution in [3.8, 4) is 10.4 Å². The Hall–Kier alpha value is -2.97. The number of allylic oxidation sites excluding steroid dienone is 2. The second-order valence-electron chi connectivity index (χ2n) is 11.1. The highest BCUT2D eigenvalue weighted by molar-refractivity contribution is 8.08. The van der Waals surface area contributed by atoms with Gasteiger partial charge in [0.05, 0.1) is 12.7 Å². The number of thioether (sulfide) groups is 1. The first kappa shape index (κ1) is 32.9. The Morgan fingerprint density at radius 3 is 2.42 bits per heavy atom. The molecule has 2 N–H and O–H groups in total. The molecule has 1 aliphatic carbocycles. The number of hydrogen-bond acceptors (Lipinski definition) is 7. The summed E-state index contributed by atoms with van der Waals surface area (Å²) in [5.74, 6) is 1.03. The van der Waals surface area contributed by atoms with Gasteiger partial charge in [-0.25, -0.2) is 0 Å². The third-order valence-electron chi connectivity index (χ3n) is 7.32. The number of ether oxygens (including phenoxy) is 1. The Labute approximate surface area is 264 Å². The summed E-state index contributed by atoms with van der Waals surface area (Å²) in [5.41, 5.74) is 6.85. The Balaban J connectivity index is 1.48. The van der Waals surface area contributed by atoms with Crippen molar-refractivity contribution in [2.24, 2.45) is 0 Å². The smallest absolute Gasteiger partial charge is 0.150 e. The number of aryl methyl sites for hydroxylation is 1. The largest absolute Gasteiger partial charge is 0.493 e. The van der Waals surface area contributed by atoms with Gasteiger partial charge < -0.3 is 15.2 Å². The maximum Gasteiger partial charge on any atom is 0.150 e. The number of thiophene rings is 1. The van der Waals surface area contributed by atoms with Crippen molar-refractivity contribution in [3.63, 3.8) is 0 Å². The van der Waals surface area contributed by atoms with E-state index in [1.54, 1.807) is 17.4 Å². The van der Waals surface area contributed by atoms with Crippen LogP contribution in [0.15, 0.2) is 60.2 Å². The van der Waals surface area contributed by atoms with Crippen molar-refractivity contribution in [2.45, 2.75) is 70.7 Å². The first-order valence-electron chi connectivity index (χ1n) is 15.2. The predicted molar refractivity (Wildman–Crippen MR) is 182 cm³/mol. The number of likely N-dealkylation sites (N-methyl/N-ethyl adjacent to an activating group) is 1.